The number of aromatic nitrogens is 3. The van der Waals surface area contributed by atoms with Gasteiger partial charge in [-0.1, -0.05) is 17.8 Å². The van der Waals surface area contributed by atoms with E-state index in [-0.39, 0.29) is 23.2 Å². The molecule has 0 aliphatic carbocycles. The van der Waals surface area contributed by atoms with Crippen molar-refractivity contribution in [3.63, 3.8) is 0 Å². The summed E-state index contributed by atoms with van der Waals surface area (Å²) >= 11 is 1.43. The monoisotopic (exact) mass is 376 g/mol. The van der Waals surface area contributed by atoms with Gasteiger partial charge in [0, 0.05) is 18.6 Å². The molecule has 142 valence electrons. The zero-order chi connectivity index (χ0) is 19.4. The minimum absolute atomic E-state index is 0.106. The number of carbonyl (C=O) groups excluding carboxylic acids is 1. The van der Waals surface area contributed by atoms with Crippen LogP contribution in [0.25, 0.3) is 11.4 Å². The molecule has 0 spiro atoms. The Balaban J connectivity index is 2.29. The first kappa shape index (κ1) is 20.3. The molecule has 0 radical (unpaired) electrons. The highest BCUT2D eigenvalue weighted by molar-refractivity contribution is 8.00. The highest BCUT2D eigenvalue weighted by Gasteiger charge is 2.28. The van der Waals surface area contributed by atoms with Crippen molar-refractivity contribution in [2.75, 3.05) is 0 Å². The van der Waals surface area contributed by atoms with E-state index in [2.05, 4.69) is 16.8 Å². The van der Waals surface area contributed by atoms with Crippen molar-refractivity contribution in [3.05, 3.63) is 30.7 Å². The number of aryl methyl sites for hydroxylation is 1. The molecule has 0 N–H and O–H groups in total. The van der Waals surface area contributed by atoms with E-state index in [1.54, 1.807) is 12.3 Å². The molecule has 2 heterocycles. The molecule has 2 aromatic heterocycles. The van der Waals surface area contributed by atoms with Crippen molar-refractivity contribution in [1.82, 2.24) is 19.7 Å². The second kappa shape index (κ2) is 8.58. The summed E-state index contributed by atoms with van der Waals surface area (Å²) in [6, 6.07) is 2.18. The summed E-state index contributed by atoms with van der Waals surface area (Å²) in [6.07, 6.45) is 3.44. The summed E-state index contributed by atoms with van der Waals surface area (Å²) in [5.74, 6) is 1.62. The number of carbonyl (C=O) groups is 1. The summed E-state index contributed by atoms with van der Waals surface area (Å²) in [5.41, 5.74) is 0.899. The Kier molecular flexibility index (Phi) is 6.69. The molecule has 26 heavy (non-hydrogen) atoms. The Morgan fingerprint density at radius 3 is 2.46 bits per heavy atom. The first-order chi connectivity index (χ1) is 12.3. The molecule has 1 unspecified atom stereocenters. The maximum absolute atomic E-state index is 12.9. The molecular formula is C19H28N4O2S. The van der Waals surface area contributed by atoms with E-state index in [9.17, 15) is 4.79 Å². The quantitative estimate of drug-likeness (QED) is 0.511. The van der Waals surface area contributed by atoms with Crippen LogP contribution >= 0.6 is 11.8 Å². The third kappa shape index (κ3) is 4.20. The lowest BCUT2D eigenvalue weighted by molar-refractivity contribution is -0.133. The summed E-state index contributed by atoms with van der Waals surface area (Å²) < 4.78 is 7.36. The standard InChI is InChI=1S/C19H28N4O2S/c1-8-10-22-17(16-9-11-25-14(16)6)20-21-19(22)26-15(7)18(24)23(12(2)3)13(4)5/h8-9,11-13,15H,1,10H2,2-7H3. The molecule has 0 saturated carbocycles. The summed E-state index contributed by atoms with van der Waals surface area (Å²) in [5, 5.41) is 9.09. The molecule has 2 rings (SSSR count). The third-order valence-electron chi connectivity index (χ3n) is 4.13. The number of nitrogens with zero attached hydrogens (tertiary/aromatic N) is 4. The number of hydrogen-bond donors (Lipinski definition) is 0. The molecular weight excluding hydrogens is 348 g/mol. The Morgan fingerprint density at radius 1 is 1.31 bits per heavy atom. The third-order valence-corrected chi connectivity index (χ3v) is 5.19. The number of amides is 1. The van der Waals surface area contributed by atoms with E-state index in [1.165, 1.54) is 11.8 Å². The summed E-state index contributed by atoms with van der Waals surface area (Å²) in [7, 11) is 0. The van der Waals surface area contributed by atoms with Crippen molar-refractivity contribution in [1.29, 1.82) is 0 Å². The predicted molar refractivity (Wildman–Crippen MR) is 105 cm³/mol. The van der Waals surface area contributed by atoms with Crippen molar-refractivity contribution in [3.8, 4) is 11.4 Å². The molecule has 0 aliphatic heterocycles. The molecule has 1 amide bonds. The van der Waals surface area contributed by atoms with Gasteiger partial charge in [-0.25, -0.2) is 0 Å². The van der Waals surface area contributed by atoms with Crippen LogP contribution in [0, 0.1) is 6.92 Å². The molecule has 7 heteroatoms. The number of furan rings is 1. The lowest BCUT2D eigenvalue weighted by Crippen LogP contribution is -2.45. The minimum atomic E-state index is -0.258. The van der Waals surface area contributed by atoms with Crippen LogP contribution in [-0.4, -0.2) is 42.9 Å². The molecule has 0 saturated heterocycles. The zero-order valence-corrected chi connectivity index (χ0v) is 17.2. The normalized spacial score (nSPS) is 12.6. The molecule has 0 aromatic carbocycles. The predicted octanol–water partition coefficient (Wildman–Crippen LogP) is 4.16. The van der Waals surface area contributed by atoms with Gasteiger partial charge in [-0.2, -0.15) is 0 Å². The fraction of sp³-hybridized carbons (Fsp3) is 0.526. The highest BCUT2D eigenvalue weighted by atomic mass is 32.2. The van der Waals surface area contributed by atoms with Gasteiger partial charge in [-0.3, -0.25) is 9.36 Å². The van der Waals surface area contributed by atoms with Crippen molar-refractivity contribution >= 4 is 17.7 Å². The van der Waals surface area contributed by atoms with Crippen LogP contribution in [0.5, 0.6) is 0 Å². The van der Waals surface area contributed by atoms with Crippen LogP contribution in [-0.2, 0) is 11.3 Å². The molecule has 0 aliphatic rings. The van der Waals surface area contributed by atoms with Crippen LogP contribution in [0.1, 0.15) is 40.4 Å². The second-order valence-electron chi connectivity index (χ2n) is 6.79. The van der Waals surface area contributed by atoms with Gasteiger partial charge < -0.3 is 9.32 Å². The van der Waals surface area contributed by atoms with Gasteiger partial charge in [0.15, 0.2) is 11.0 Å². The maximum atomic E-state index is 12.9. The number of rotatable bonds is 8. The van der Waals surface area contributed by atoms with E-state index in [0.717, 1.165) is 17.1 Å². The fourth-order valence-electron chi connectivity index (χ4n) is 3.01. The van der Waals surface area contributed by atoms with Gasteiger partial charge >= 0.3 is 0 Å². The maximum Gasteiger partial charge on any atom is 0.236 e. The van der Waals surface area contributed by atoms with Gasteiger partial charge in [-0.15, -0.1) is 16.8 Å². The van der Waals surface area contributed by atoms with E-state index < -0.39 is 0 Å². The molecule has 1 atom stereocenters. The van der Waals surface area contributed by atoms with E-state index >= 15 is 0 Å². The molecule has 2 aromatic rings. The first-order valence-corrected chi connectivity index (χ1v) is 9.73. The van der Waals surface area contributed by atoms with Gasteiger partial charge in [-0.05, 0) is 47.6 Å². The SMILES string of the molecule is C=CCn1c(SC(C)C(=O)N(C(C)C)C(C)C)nnc1-c1ccoc1C. The Hall–Kier alpha value is -2.02. The van der Waals surface area contributed by atoms with Crippen LogP contribution in [0.15, 0.2) is 34.6 Å². The zero-order valence-electron chi connectivity index (χ0n) is 16.4. The van der Waals surface area contributed by atoms with Crippen molar-refractivity contribution < 1.29 is 9.21 Å². The molecule has 0 bridgehead atoms. The largest absolute Gasteiger partial charge is 0.469 e. The Labute approximate surface area is 159 Å². The van der Waals surface area contributed by atoms with E-state index in [0.29, 0.717) is 11.7 Å². The summed E-state index contributed by atoms with van der Waals surface area (Å²) in [4.78, 5) is 14.8. The molecule has 6 nitrogen and oxygen atoms in total. The fourth-order valence-corrected chi connectivity index (χ4v) is 3.92. The van der Waals surface area contributed by atoms with Crippen molar-refractivity contribution in [2.24, 2.45) is 0 Å². The number of thioether (sulfide) groups is 1. The highest BCUT2D eigenvalue weighted by Crippen LogP contribution is 2.30. The Morgan fingerprint density at radius 2 is 1.96 bits per heavy atom. The van der Waals surface area contributed by atoms with E-state index in [4.69, 9.17) is 4.42 Å². The summed E-state index contributed by atoms with van der Waals surface area (Å²) in [6.45, 7) is 16.3. The van der Waals surface area contributed by atoms with Crippen molar-refractivity contribution in [2.45, 2.75) is 70.6 Å². The smallest absolute Gasteiger partial charge is 0.236 e. The minimum Gasteiger partial charge on any atom is -0.469 e. The number of allylic oxidation sites excluding steroid dienone is 1. The second-order valence-corrected chi connectivity index (χ2v) is 8.10. The Bertz CT molecular complexity index is 755. The lowest BCUT2D eigenvalue weighted by atomic mass is 10.2. The topological polar surface area (TPSA) is 64.2 Å². The van der Waals surface area contributed by atoms with Crippen LogP contribution in [0.3, 0.4) is 0 Å². The average molecular weight is 377 g/mol. The van der Waals surface area contributed by atoms with E-state index in [1.807, 2.05) is 57.1 Å². The van der Waals surface area contributed by atoms with Gasteiger partial charge in [0.25, 0.3) is 0 Å². The van der Waals surface area contributed by atoms with Crippen LogP contribution in [0.2, 0.25) is 0 Å². The van der Waals surface area contributed by atoms with Crippen LogP contribution in [0.4, 0.5) is 0 Å². The lowest BCUT2D eigenvalue weighted by Gasteiger charge is -2.32. The average Bonchev–Trinajstić information content (AvgIpc) is 3.13. The van der Waals surface area contributed by atoms with Gasteiger partial charge in [0.05, 0.1) is 17.1 Å². The first-order valence-electron chi connectivity index (χ1n) is 8.85. The van der Waals surface area contributed by atoms with Crippen LogP contribution < -0.4 is 0 Å². The number of hydrogen-bond acceptors (Lipinski definition) is 5. The molecule has 0 fully saturated rings. The van der Waals surface area contributed by atoms with Gasteiger partial charge in [0.1, 0.15) is 5.76 Å². The van der Waals surface area contributed by atoms with Gasteiger partial charge in [0.2, 0.25) is 5.91 Å².